The van der Waals surface area contributed by atoms with Gasteiger partial charge in [0, 0.05) is 18.6 Å². The molecule has 21 heavy (non-hydrogen) atoms. The van der Waals surface area contributed by atoms with Crippen LogP contribution in [0.2, 0.25) is 0 Å². The monoisotopic (exact) mass is 291 g/mol. The summed E-state index contributed by atoms with van der Waals surface area (Å²) in [5.41, 5.74) is 4.02. The van der Waals surface area contributed by atoms with Crippen LogP contribution < -0.4 is 15.5 Å². The van der Waals surface area contributed by atoms with Gasteiger partial charge in [0.15, 0.2) is 0 Å². The van der Waals surface area contributed by atoms with Gasteiger partial charge in [-0.15, -0.1) is 0 Å². The molecule has 1 aliphatic heterocycles. The van der Waals surface area contributed by atoms with E-state index in [4.69, 9.17) is 4.74 Å². The quantitative estimate of drug-likeness (QED) is 0.896. The second-order valence-electron chi connectivity index (χ2n) is 5.68. The molecule has 1 aromatic carbocycles. The normalized spacial score (nSPS) is 22.6. The number of rotatable bonds is 4. The van der Waals surface area contributed by atoms with Crippen molar-refractivity contribution in [1.82, 2.24) is 15.8 Å². The summed E-state index contributed by atoms with van der Waals surface area (Å²) in [5, 5.41) is 4.95. The van der Waals surface area contributed by atoms with E-state index >= 15 is 0 Å². The van der Waals surface area contributed by atoms with Gasteiger partial charge in [-0.05, 0) is 44.4 Å². The van der Waals surface area contributed by atoms with E-state index in [1.807, 2.05) is 24.3 Å². The Kier molecular flexibility index (Phi) is 5.44. The molecule has 1 fully saturated rings. The number of nitrogens with one attached hydrogen (secondary N) is 2. The second kappa shape index (κ2) is 7.31. The van der Waals surface area contributed by atoms with E-state index in [0.717, 1.165) is 24.2 Å². The molecule has 2 rings (SSSR count). The first-order valence-electron chi connectivity index (χ1n) is 7.56. The van der Waals surface area contributed by atoms with Crippen molar-refractivity contribution in [2.75, 3.05) is 7.11 Å². The summed E-state index contributed by atoms with van der Waals surface area (Å²) >= 11 is 0. The Morgan fingerprint density at radius 3 is 2.43 bits per heavy atom. The van der Waals surface area contributed by atoms with Crippen molar-refractivity contribution in [2.45, 2.75) is 51.7 Å². The molecule has 0 unspecified atom stereocenters. The summed E-state index contributed by atoms with van der Waals surface area (Å²) in [5.74, 6) is 0.819. The number of carbonyl (C=O) groups excluding carboxylic acids is 1. The van der Waals surface area contributed by atoms with Crippen molar-refractivity contribution in [3.63, 3.8) is 0 Å². The number of carbonyl (C=O) groups is 1. The highest BCUT2D eigenvalue weighted by molar-refractivity contribution is 5.73. The fraction of sp³-hybridized carbons (Fsp3) is 0.562. The van der Waals surface area contributed by atoms with Crippen LogP contribution in [0.15, 0.2) is 24.3 Å². The molecule has 1 aliphatic rings. The van der Waals surface area contributed by atoms with Gasteiger partial charge in [-0.25, -0.2) is 9.80 Å². The van der Waals surface area contributed by atoms with Crippen LogP contribution >= 0.6 is 0 Å². The molecule has 0 radical (unpaired) electrons. The number of hydrogen-bond donors (Lipinski definition) is 2. The van der Waals surface area contributed by atoms with Gasteiger partial charge < -0.3 is 10.1 Å². The molecule has 5 nitrogen and oxygen atoms in total. The first-order chi connectivity index (χ1) is 10.1. The summed E-state index contributed by atoms with van der Waals surface area (Å²) in [6, 6.07) is 8.32. The maximum Gasteiger partial charge on any atom is 0.329 e. The van der Waals surface area contributed by atoms with Crippen LogP contribution in [0.5, 0.6) is 5.75 Å². The lowest BCUT2D eigenvalue weighted by Crippen LogP contribution is -2.56. The molecule has 0 spiro atoms. The van der Waals surface area contributed by atoms with Gasteiger partial charge in [0.1, 0.15) is 5.75 Å². The molecule has 2 amide bonds. The van der Waals surface area contributed by atoms with Crippen molar-refractivity contribution in [1.29, 1.82) is 0 Å². The Hall–Kier alpha value is -1.75. The van der Waals surface area contributed by atoms with Gasteiger partial charge >= 0.3 is 6.03 Å². The minimum absolute atomic E-state index is 0.147. The number of hydrazine groups is 1. The van der Waals surface area contributed by atoms with E-state index in [0.29, 0.717) is 18.6 Å². The predicted molar refractivity (Wildman–Crippen MR) is 83.0 cm³/mol. The lowest BCUT2D eigenvalue weighted by Gasteiger charge is -2.38. The zero-order valence-electron chi connectivity index (χ0n) is 13.1. The fourth-order valence-corrected chi connectivity index (χ4v) is 2.72. The van der Waals surface area contributed by atoms with E-state index in [1.54, 1.807) is 7.11 Å². The van der Waals surface area contributed by atoms with Crippen LogP contribution in [0.25, 0.3) is 0 Å². The van der Waals surface area contributed by atoms with Gasteiger partial charge in [-0.2, -0.15) is 0 Å². The van der Waals surface area contributed by atoms with Gasteiger partial charge in [0.2, 0.25) is 0 Å². The number of methoxy groups -OCH3 is 1. The van der Waals surface area contributed by atoms with E-state index in [2.05, 4.69) is 29.6 Å². The highest BCUT2D eigenvalue weighted by atomic mass is 16.5. The summed E-state index contributed by atoms with van der Waals surface area (Å²) < 4.78 is 5.11. The van der Waals surface area contributed by atoms with Crippen molar-refractivity contribution in [2.24, 2.45) is 0 Å². The Morgan fingerprint density at radius 1 is 1.24 bits per heavy atom. The topological polar surface area (TPSA) is 53.6 Å². The molecule has 2 atom stereocenters. The highest BCUT2D eigenvalue weighted by Crippen LogP contribution is 2.20. The van der Waals surface area contributed by atoms with Crippen molar-refractivity contribution >= 4 is 6.03 Å². The third-order valence-electron chi connectivity index (χ3n) is 4.04. The molecule has 1 heterocycles. The lowest BCUT2D eigenvalue weighted by molar-refractivity contribution is 0.0594. The maximum absolute atomic E-state index is 12.0. The average molecular weight is 291 g/mol. The Morgan fingerprint density at radius 2 is 1.86 bits per heavy atom. The molecule has 2 N–H and O–H groups in total. The molecule has 116 valence electrons. The average Bonchev–Trinajstić information content (AvgIpc) is 2.49. The minimum atomic E-state index is -0.147. The maximum atomic E-state index is 12.0. The lowest BCUT2D eigenvalue weighted by atomic mass is 10.00. The van der Waals surface area contributed by atoms with Crippen LogP contribution in [0.4, 0.5) is 4.79 Å². The highest BCUT2D eigenvalue weighted by Gasteiger charge is 2.25. The zero-order chi connectivity index (χ0) is 15.2. The largest absolute Gasteiger partial charge is 0.497 e. The van der Waals surface area contributed by atoms with Crippen LogP contribution in [-0.2, 0) is 6.54 Å². The van der Waals surface area contributed by atoms with E-state index in [9.17, 15) is 4.79 Å². The van der Waals surface area contributed by atoms with Crippen molar-refractivity contribution < 1.29 is 9.53 Å². The number of urea groups is 1. The van der Waals surface area contributed by atoms with Crippen LogP contribution in [0, 0.1) is 0 Å². The smallest absolute Gasteiger partial charge is 0.329 e. The van der Waals surface area contributed by atoms with E-state index in [-0.39, 0.29) is 6.03 Å². The Labute approximate surface area is 126 Å². The predicted octanol–water partition coefficient (Wildman–Crippen LogP) is 2.67. The molecule has 0 aliphatic carbocycles. The number of benzene rings is 1. The molecular weight excluding hydrogens is 266 g/mol. The fourth-order valence-electron chi connectivity index (χ4n) is 2.72. The zero-order valence-corrected chi connectivity index (χ0v) is 13.1. The van der Waals surface area contributed by atoms with Crippen LogP contribution in [-0.4, -0.2) is 30.2 Å². The van der Waals surface area contributed by atoms with E-state index < -0.39 is 0 Å². The molecule has 0 bridgehead atoms. The molecule has 1 saturated heterocycles. The van der Waals surface area contributed by atoms with Gasteiger partial charge in [0.25, 0.3) is 0 Å². The summed E-state index contributed by atoms with van der Waals surface area (Å²) in [6.07, 6.45) is 3.49. The van der Waals surface area contributed by atoms with Gasteiger partial charge in [-0.1, -0.05) is 18.6 Å². The Bertz CT molecular complexity index is 451. The number of amides is 2. The summed E-state index contributed by atoms with van der Waals surface area (Å²) in [6.45, 7) is 4.81. The second-order valence-corrected chi connectivity index (χ2v) is 5.68. The number of piperidine rings is 1. The van der Waals surface area contributed by atoms with Crippen LogP contribution in [0.1, 0.15) is 38.7 Å². The minimum Gasteiger partial charge on any atom is -0.497 e. The SMILES string of the molecule is COc1ccc(CNC(=O)NN2[C@H](C)CCC[C@H]2C)cc1. The van der Waals surface area contributed by atoms with Crippen LogP contribution in [0.3, 0.4) is 0 Å². The Balaban J connectivity index is 1.81. The third kappa shape index (κ3) is 4.36. The third-order valence-corrected chi connectivity index (χ3v) is 4.04. The molecular formula is C16H25N3O2. The molecule has 5 heteroatoms. The standard InChI is InChI=1S/C16H25N3O2/c1-12-5-4-6-13(2)19(12)18-16(20)17-11-14-7-9-15(21-3)10-8-14/h7-10,12-13H,4-6,11H2,1-3H3,(H2,17,18,20)/t12-,13-/m1/s1. The van der Waals surface area contributed by atoms with Crippen molar-refractivity contribution in [3.05, 3.63) is 29.8 Å². The molecule has 1 aromatic rings. The number of ether oxygens (including phenoxy) is 1. The van der Waals surface area contributed by atoms with Gasteiger partial charge in [0.05, 0.1) is 7.11 Å². The van der Waals surface area contributed by atoms with Gasteiger partial charge in [-0.3, -0.25) is 5.43 Å². The number of nitrogens with zero attached hydrogens (tertiary/aromatic N) is 1. The van der Waals surface area contributed by atoms with E-state index in [1.165, 1.54) is 6.42 Å². The van der Waals surface area contributed by atoms with Crippen molar-refractivity contribution in [3.8, 4) is 5.75 Å². The molecule has 0 aromatic heterocycles. The molecule has 0 saturated carbocycles. The summed E-state index contributed by atoms with van der Waals surface area (Å²) in [7, 11) is 1.64. The first kappa shape index (κ1) is 15.6. The first-order valence-corrected chi connectivity index (χ1v) is 7.56. The summed E-state index contributed by atoms with van der Waals surface area (Å²) in [4.78, 5) is 12.0. The number of hydrogen-bond acceptors (Lipinski definition) is 3.